The Labute approximate surface area is 179 Å². The van der Waals surface area contributed by atoms with Crippen LogP contribution in [0.2, 0.25) is 0 Å². The minimum atomic E-state index is 0.113. The third kappa shape index (κ3) is 4.24. The molecule has 0 fully saturated rings. The zero-order valence-corrected chi connectivity index (χ0v) is 17.8. The van der Waals surface area contributed by atoms with Gasteiger partial charge in [-0.2, -0.15) is 5.10 Å². The number of thiazole rings is 1. The third-order valence-electron chi connectivity index (χ3n) is 5.09. The fourth-order valence-corrected chi connectivity index (χ4v) is 4.40. The van der Waals surface area contributed by atoms with Crippen molar-refractivity contribution in [3.8, 4) is 11.5 Å². The Bertz CT molecular complexity index is 1150. The number of hydrazone groups is 1. The van der Waals surface area contributed by atoms with E-state index in [-0.39, 0.29) is 11.5 Å². The van der Waals surface area contributed by atoms with Gasteiger partial charge in [0.2, 0.25) is 5.13 Å². The Morgan fingerprint density at radius 1 is 1.00 bits per heavy atom. The quantitative estimate of drug-likeness (QED) is 0.153. The summed E-state index contributed by atoms with van der Waals surface area (Å²) in [5, 5.41) is 29.6. The standard InChI is InChI=1S/C24H25N3O2S/c1-2-3-4-9-14-27(24-26-20-12-7-8-13-22(20)30-24)25-16-17-15-21(28)18-10-5-6-11-19(18)23(17)29/h5-8,10-13,15-16,28-29H,2-4,9,14H2,1H3. The minimum absolute atomic E-state index is 0.113. The molecule has 3 aromatic carbocycles. The van der Waals surface area contributed by atoms with Crippen LogP contribution in [0.5, 0.6) is 11.5 Å². The van der Waals surface area contributed by atoms with Gasteiger partial charge in [0, 0.05) is 22.9 Å². The first-order valence-electron chi connectivity index (χ1n) is 10.3. The van der Waals surface area contributed by atoms with Crippen molar-refractivity contribution in [3.05, 3.63) is 60.2 Å². The van der Waals surface area contributed by atoms with E-state index in [9.17, 15) is 10.2 Å². The fraction of sp³-hybridized carbons (Fsp3) is 0.250. The lowest BCUT2D eigenvalue weighted by Crippen LogP contribution is -2.18. The van der Waals surface area contributed by atoms with E-state index < -0.39 is 0 Å². The van der Waals surface area contributed by atoms with Crippen LogP contribution in [-0.2, 0) is 0 Å². The summed E-state index contributed by atoms with van der Waals surface area (Å²) >= 11 is 1.60. The average Bonchev–Trinajstić information content (AvgIpc) is 3.20. The van der Waals surface area contributed by atoms with Gasteiger partial charge >= 0.3 is 0 Å². The van der Waals surface area contributed by atoms with Crippen molar-refractivity contribution >= 4 is 43.7 Å². The van der Waals surface area contributed by atoms with Crippen molar-refractivity contribution in [1.29, 1.82) is 0 Å². The molecule has 0 aliphatic carbocycles. The van der Waals surface area contributed by atoms with Gasteiger partial charge in [-0.25, -0.2) is 9.99 Å². The highest BCUT2D eigenvalue weighted by molar-refractivity contribution is 7.22. The van der Waals surface area contributed by atoms with Gasteiger partial charge in [0.15, 0.2) is 0 Å². The summed E-state index contributed by atoms with van der Waals surface area (Å²) in [6.07, 6.45) is 6.12. The maximum Gasteiger partial charge on any atom is 0.207 e. The van der Waals surface area contributed by atoms with Gasteiger partial charge in [-0.05, 0) is 24.6 Å². The van der Waals surface area contributed by atoms with Crippen molar-refractivity contribution in [2.24, 2.45) is 5.10 Å². The lowest BCUT2D eigenvalue weighted by atomic mass is 10.0. The van der Waals surface area contributed by atoms with Crippen molar-refractivity contribution in [2.75, 3.05) is 11.6 Å². The average molecular weight is 420 g/mol. The number of benzene rings is 3. The zero-order chi connectivity index (χ0) is 20.9. The molecule has 154 valence electrons. The smallest absolute Gasteiger partial charge is 0.207 e. The molecule has 0 unspecified atom stereocenters. The molecule has 0 spiro atoms. The van der Waals surface area contributed by atoms with E-state index in [1.807, 2.05) is 35.3 Å². The van der Waals surface area contributed by atoms with Crippen LogP contribution in [0.3, 0.4) is 0 Å². The summed E-state index contributed by atoms with van der Waals surface area (Å²) in [5.74, 6) is 0.238. The van der Waals surface area contributed by atoms with Crippen molar-refractivity contribution < 1.29 is 10.2 Å². The summed E-state index contributed by atoms with van der Waals surface area (Å²) in [5.41, 5.74) is 1.43. The number of phenolic OH excluding ortho intramolecular Hbond substituents is 2. The minimum Gasteiger partial charge on any atom is -0.507 e. The number of aromatic nitrogens is 1. The molecule has 0 aliphatic heterocycles. The molecule has 1 aromatic heterocycles. The number of phenols is 2. The van der Waals surface area contributed by atoms with E-state index in [2.05, 4.69) is 18.1 Å². The van der Waals surface area contributed by atoms with Crippen molar-refractivity contribution in [1.82, 2.24) is 4.98 Å². The Balaban J connectivity index is 1.66. The largest absolute Gasteiger partial charge is 0.507 e. The van der Waals surface area contributed by atoms with Gasteiger partial charge in [-0.15, -0.1) is 0 Å². The SMILES string of the molecule is CCCCCCN(N=Cc1cc(O)c2ccccc2c1O)c1nc2ccccc2s1. The summed E-state index contributed by atoms with van der Waals surface area (Å²) in [6, 6.07) is 16.8. The molecule has 1 heterocycles. The Morgan fingerprint density at radius 2 is 1.77 bits per heavy atom. The van der Waals surface area contributed by atoms with Crippen molar-refractivity contribution in [3.63, 3.8) is 0 Å². The number of nitrogens with zero attached hydrogens (tertiary/aromatic N) is 3. The van der Waals surface area contributed by atoms with Crippen LogP contribution in [0.25, 0.3) is 21.0 Å². The molecule has 0 amide bonds. The molecule has 30 heavy (non-hydrogen) atoms. The van der Waals surface area contributed by atoms with E-state index in [1.165, 1.54) is 12.8 Å². The number of rotatable bonds is 8. The maximum atomic E-state index is 10.7. The number of anilines is 1. The highest BCUT2D eigenvalue weighted by atomic mass is 32.1. The zero-order valence-electron chi connectivity index (χ0n) is 17.0. The molecule has 6 heteroatoms. The first-order chi connectivity index (χ1) is 14.7. The van der Waals surface area contributed by atoms with Crippen LogP contribution >= 0.6 is 11.3 Å². The van der Waals surface area contributed by atoms with E-state index in [0.29, 0.717) is 16.3 Å². The summed E-state index contributed by atoms with van der Waals surface area (Å²) in [7, 11) is 0. The lowest BCUT2D eigenvalue weighted by molar-refractivity contribution is 0.469. The van der Waals surface area contributed by atoms with Crippen LogP contribution in [0.15, 0.2) is 59.7 Å². The molecule has 0 saturated carbocycles. The second kappa shape index (κ2) is 9.13. The van der Waals surface area contributed by atoms with Gasteiger partial charge in [0.25, 0.3) is 0 Å². The van der Waals surface area contributed by atoms with Crippen LogP contribution in [0, 0.1) is 0 Å². The van der Waals surface area contributed by atoms with Crippen LogP contribution in [-0.4, -0.2) is 28.0 Å². The van der Waals surface area contributed by atoms with Gasteiger partial charge in [0.05, 0.1) is 16.4 Å². The van der Waals surface area contributed by atoms with Gasteiger partial charge in [-0.1, -0.05) is 73.9 Å². The molecule has 0 saturated heterocycles. The van der Waals surface area contributed by atoms with E-state index >= 15 is 0 Å². The molecule has 4 rings (SSSR count). The predicted molar refractivity (Wildman–Crippen MR) is 126 cm³/mol. The molecule has 0 atom stereocenters. The number of fused-ring (bicyclic) bond motifs is 2. The number of hydrogen-bond donors (Lipinski definition) is 2. The van der Waals surface area contributed by atoms with E-state index in [1.54, 1.807) is 35.8 Å². The molecular weight excluding hydrogens is 394 g/mol. The van der Waals surface area contributed by atoms with Gasteiger partial charge in [0.1, 0.15) is 11.5 Å². The summed E-state index contributed by atoms with van der Waals surface area (Å²) < 4.78 is 1.12. The third-order valence-corrected chi connectivity index (χ3v) is 6.14. The van der Waals surface area contributed by atoms with Gasteiger partial charge in [-0.3, -0.25) is 0 Å². The van der Waals surface area contributed by atoms with Gasteiger partial charge < -0.3 is 10.2 Å². The molecule has 0 bridgehead atoms. The molecule has 0 aliphatic rings. The second-order valence-corrected chi connectivity index (χ2v) is 8.28. The predicted octanol–water partition coefficient (Wildman–Crippen LogP) is 6.28. The maximum absolute atomic E-state index is 10.7. The normalized spacial score (nSPS) is 11.6. The van der Waals surface area contributed by atoms with Crippen molar-refractivity contribution in [2.45, 2.75) is 32.6 Å². The number of unbranched alkanes of at least 4 members (excludes halogenated alkanes) is 3. The first kappa shape index (κ1) is 20.2. The molecule has 2 N–H and O–H groups in total. The highest BCUT2D eigenvalue weighted by Crippen LogP contribution is 2.35. The lowest BCUT2D eigenvalue weighted by Gasteiger charge is -2.16. The molecular formula is C24H25N3O2S. The van der Waals surface area contributed by atoms with Crippen LogP contribution in [0.4, 0.5) is 5.13 Å². The Hall–Kier alpha value is -3.12. The number of aromatic hydroxyl groups is 2. The van der Waals surface area contributed by atoms with Crippen LogP contribution in [0.1, 0.15) is 38.2 Å². The highest BCUT2D eigenvalue weighted by Gasteiger charge is 2.13. The van der Waals surface area contributed by atoms with E-state index in [0.717, 1.165) is 34.7 Å². The number of hydrogen-bond acceptors (Lipinski definition) is 6. The Kier molecular flexibility index (Phi) is 6.14. The van der Waals surface area contributed by atoms with E-state index in [4.69, 9.17) is 4.98 Å². The molecule has 4 aromatic rings. The Morgan fingerprint density at radius 3 is 2.57 bits per heavy atom. The summed E-state index contributed by atoms with van der Waals surface area (Å²) in [6.45, 7) is 2.94. The topological polar surface area (TPSA) is 69.0 Å². The molecule has 5 nitrogen and oxygen atoms in total. The first-order valence-corrected chi connectivity index (χ1v) is 11.1. The second-order valence-electron chi connectivity index (χ2n) is 7.27. The van der Waals surface area contributed by atoms with Crippen LogP contribution < -0.4 is 5.01 Å². The number of para-hydroxylation sites is 1. The summed E-state index contributed by atoms with van der Waals surface area (Å²) in [4.78, 5) is 4.73. The monoisotopic (exact) mass is 419 g/mol. The molecule has 0 radical (unpaired) electrons. The fourth-order valence-electron chi connectivity index (χ4n) is 3.45.